The van der Waals surface area contributed by atoms with Gasteiger partial charge in [0.25, 0.3) is 0 Å². The van der Waals surface area contributed by atoms with Gasteiger partial charge in [0.2, 0.25) is 0 Å². The van der Waals surface area contributed by atoms with E-state index in [4.69, 9.17) is 0 Å². The number of rotatable bonds is 0. The normalized spacial score (nSPS) is 26.1. The lowest BCUT2D eigenvalue weighted by molar-refractivity contribution is 0.0963. The minimum atomic E-state index is -0.0421. The molecule has 1 heterocycles. The molecule has 2 rings (SSSR count). The van der Waals surface area contributed by atoms with Crippen LogP contribution in [0.2, 0.25) is 0 Å². The zero-order valence-corrected chi connectivity index (χ0v) is 9.84. The van der Waals surface area contributed by atoms with Gasteiger partial charge in [-0.05, 0) is 31.4 Å². The highest BCUT2D eigenvalue weighted by Gasteiger charge is 2.31. The Hall–Kier alpha value is -0.700. The predicted molar refractivity (Wildman–Crippen MR) is 58.9 cm³/mol. The van der Waals surface area contributed by atoms with Crippen molar-refractivity contribution in [2.75, 3.05) is 0 Å². The van der Waals surface area contributed by atoms with Crippen molar-refractivity contribution >= 4 is 21.7 Å². The predicted octanol–water partition coefficient (Wildman–Crippen LogP) is 2.53. The summed E-state index contributed by atoms with van der Waals surface area (Å²) in [7, 11) is 0. The number of Topliss-reactive ketones (excluding diaryl/α,β-unsaturated/α-hetero) is 1. The molecule has 0 N–H and O–H groups in total. The van der Waals surface area contributed by atoms with Gasteiger partial charge in [-0.1, -0.05) is 22.9 Å². The van der Waals surface area contributed by atoms with Gasteiger partial charge in [0, 0.05) is 11.3 Å². The third-order valence-electron chi connectivity index (χ3n) is 2.64. The fourth-order valence-corrected chi connectivity index (χ4v) is 2.24. The topological polar surface area (TPSA) is 30.0 Å². The Balaban J connectivity index is 2.51. The lowest BCUT2D eigenvalue weighted by Gasteiger charge is -2.24. The fourth-order valence-electron chi connectivity index (χ4n) is 1.81. The average Bonchev–Trinajstić information content (AvgIpc) is 2.14. The molecule has 0 spiro atoms. The van der Waals surface area contributed by atoms with E-state index in [0.29, 0.717) is 5.92 Å². The molecule has 1 aromatic rings. The van der Waals surface area contributed by atoms with Crippen molar-refractivity contribution in [3.8, 4) is 0 Å². The van der Waals surface area contributed by atoms with Crippen molar-refractivity contribution in [2.24, 2.45) is 5.92 Å². The molecule has 0 aromatic carbocycles. The summed E-state index contributed by atoms with van der Waals surface area (Å²) in [5.74, 6) is 0.510. The Morgan fingerprint density at radius 1 is 1.50 bits per heavy atom. The second-order valence-electron chi connectivity index (χ2n) is 3.89. The Morgan fingerprint density at radius 2 is 2.21 bits per heavy atom. The van der Waals surface area contributed by atoms with Crippen LogP contribution in [0.25, 0.3) is 0 Å². The highest BCUT2D eigenvalue weighted by atomic mass is 79.9. The first-order valence-electron chi connectivity index (χ1n) is 4.74. The molecule has 14 heavy (non-hydrogen) atoms. The fraction of sp³-hybridized carbons (Fsp3) is 0.455. The number of pyridine rings is 1. The Morgan fingerprint density at radius 3 is 2.93 bits per heavy atom. The standard InChI is InChI=1S/C11H12BrNO/c1-6-5-9-8(11(14)10(6)12)4-3-7(2)13-9/h3-4,6,10H,5H2,1-2H3. The number of ketones is 1. The Labute approximate surface area is 91.9 Å². The van der Waals surface area contributed by atoms with Crippen LogP contribution in [0, 0.1) is 12.8 Å². The van der Waals surface area contributed by atoms with Gasteiger partial charge in [0.15, 0.2) is 5.78 Å². The van der Waals surface area contributed by atoms with E-state index in [0.717, 1.165) is 23.4 Å². The molecule has 0 radical (unpaired) electrons. The zero-order chi connectivity index (χ0) is 10.3. The number of fused-ring (bicyclic) bond motifs is 1. The van der Waals surface area contributed by atoms with Crippen LogP contribution in [0.15, 0.2) is 12.1 Å². The van der Waals surface area contributed by atoms with Crippen LogP contribution in [-0.2, 0) is 6.42 Å². The van der Waals surface area contributed by atoms with E-state index in [9.17, 15) is 4.79 Å². The van der Waals surface area contributed by atoms with Gasteiger partial charge in [0.05, 0.1) is 10.5 Å². The molecule has 2 unspecified atom stereocenters. The van der Waals surface area contributed by atoms with Crippen LogP contribution in [0.4, 0.5) is 0 Å². The summed E-state index contributed by atoms with van der Waals surface area (Å²) in [6, 6.07) is 3.78. The van der Waals surface area contributed by atoms with Crippen molar-refractivity contribution in [3.05, 3.63) is 29.1 Å². The molecule has 0 fully saturated rings. The molecule has 2 nitrogen and oxygen atoms in total. The highest BCUT2D eigenvalue weighted by Crippen LogP contribution is 2.28. The number of carbonyl (C=O) groups is 1. The van der Waals surface area contributed by atoms with Crippen molar-refractivity contribution in [1.82, 2.24) is 4.98 Å². The molecule has 1 aliphatic rings. The van der Waals surface area contributed by atoms with Crippen molar-refractivity contribution in [1.29, 1.82) is 0 Å². The van der Waals surface area contributed by atoms with Gasteiger partial charge in [-0.15, -0.1) is 0 Å². The summed E-state index contributed by atoms with van der Waals surface area (Å²) in [6.07, 6.45) is 0.888. The number of aryl methyl sites for hydroxylation is 1. The lowest BCUT2D eigenvalue weighted by Crippen LogP contribution is -2.30. The Bertz CT molecular complexity index is 389. The first-order valence-corrected chi connectivity index (χ1v) is 5.66. The molecule has 1 aromatic heterocycles. The van der Waals surface area contributed by atoms with E-state index in [-0.39, 0.29) is 10.6 Å². The molecule has 0 amide bonds. The van der Waals surface area contributed by atoms with Crippen LogP contribution in [0.5, 0.6) is 0 Å². The summed E-state index contributed by atoms with van der Waals surface area (Å²) in [5.41, 5.74) is 2.73. The van der Waals surface area contributed by atoms with Gasteiger partial charge >= 0.3 is 0 Å². The van der Waals surface area contributed by atoms with Crippen LogP contribution < -0.4 is 0 Å². The molecule has 1 aliphatic carbocycles. The maximum atomic E-state index is 11.9. The van der Waals surface area contributed by atoms with Gasteiger partial charge in [0.1, 0.15) is 0 Å². The van der Waals surface area contributed by atoms with E-state index in [1.54, 1.807) is 0 Å². The maximum absolute atomic E-state index is 11.9. The molecular weight excluding hydrogens is 242 g/mol. The third kappa shape index (κ3) is 1.50. The van der Waals surface area contributed by atoms with Gasteiger partial charge in [-0.2, -0.15) is 0 Å². The lowest BCUT2D eigenvalue weighted by atomic mass is 9.87. The SMILES string of the molecule is Cc1ccc2c(n1)CC(C)C(Br)C2=O. The van der Waals surface area contributed by atoms with Gasteiger partial charge in [-0.3, -0.25) is 9.78 Å². The number of hydrogen-bond donors (Lipinski definition) is 0. The van der Waals surface area contributed by atoms with E-state index in [1.807, 2.05) is 19.1 Å². The smallest absolute Gasteiger partial charge is 0.178 e. The molecular formula is C11H12BrNO. The quantitative estimate of drug-likeness (QED) is 0.666. The van der Waals surface area contributed by atoms with Crippen molar-refractivity contribution < 1.29 is 4.79 Å². The zero-order valence-electron chi connectivity index (χ0n) is 8.25. The maximum Gasteiger partial charge on any atom is 0.178 e. The number of alkyl halides is 1. The molecule has 2 atom stereocenters. The molecule has 0 saturated carbocycles. The summed E-state index contributed by atoms with van der Waals surface area (Å²) >= 11 is 3.43. The minimum absolute atomic E-state index is 0.0421. The summed E-state index contributed by atoms with van der Waals surface area (Å²) in [6.45, 7) is 4.03. The van der Waals surface area contributed by atoms with Crippen LogP contribution in [0.3, 0.4) is 0 Å². The average molecular weight is 254 g/mol. The number of hydrogen-bond acceptors (Lipinski definition) is 2. The third-order valence-corrected chi connectivity index (χ3v) is 3.96. The van der Waals surface area contributed by atoms with Crippen molar-refractivity contribution in [3.63, 3.8) is 0 Å². The molecule has 0 bridgehead atoms. The van der Waals surface area contributed by atoms with E-state index in [2.05, 4.69) is 27.8 Å². The number of nitrogens with zero attached hydrogens (tertiary/aromatic N) is 1. The van der Waals surface area contributed by atoms with E-state index < -0.39 is 0 Å². The van der Waals surface area contributed by atoms with Gasteiger partial charge in [-0.25, -0.2) is 0 Å². The summed E-state index contributed by atoms with van der Waals surface area (Å²) in [5, 5.41) is 0. The molecule has 0 aliphatic heterocycles. The van der Waals surface area contributed by atoms with E-state index in [1.165, 1.54) is 0 Å². The number of carbonyl (C=O) groups excluding carboxylic acids is 1. The largest absolute Gasteiger partial charge is 0.293 e. The second kappa shape index (κ2) is 3.46. The Kier molecular flexibility index (Phi) is 2.43. The van der Waals surface area contributed by atoms with E-state index >= 15 is 0 Å². The molecule has 74 valence electrons. The minimum Gasteiger partial charge on any atom is -0.293 e. The summed E-state index contributed by atoms with van der Waals surface area (Å²) < 4.78 is 0. The monoisotopic (exact) mass is 253 g/mol. The second-order valence-corrected chi connectivity index (χ2v) is 4.88. The highest BCUT2D eigenvalue weighted by molar-refractivity contribution is 9.10. The molecule has 0 saturated heterocycles. The first-order chi connectivity index (χ1) is 6.59. The summed E-state index contributed by atoms with van der Waals surface area (Å²) in [4.78, 5) is 16.2. The van der Waals surface area contributed by atoms with Crippen LogP contribution in [-0.4, -0.2) is 15.6 Å². The van der Waals surface area contributed by atoms with Crippen molar-refractivity contribution in [2.45, 2.75) is 25.1 Å². The number of aromatic nitrogens is 1. The van der Waals surface area contributed by atoms with Crippen LogP contribution in [0.1, 0.15) is 28.7 Å². The van der Waals surface area contributed by atoms with Crippen LogP contribution >= 0.6 is 15.9 Å². The number of halogens is 1. The first kappa shape index (κ1) is 9.84. The molecule has 3 heteroatoms. The van der Waals surface area contributed by atoms with Gasteiger partial charge < -0.3 is 0 Å².